The van der Waals surface area contributed by atoms with Crippen molar-refractivity contribution in [3.05, 3.63) is 63.1 Å². The molecule has 2 aromatic carbocycles. The van der Waals surface area contributed by atoms with Gasteiger partial charge in [-0.2, -0.15) is 13.2 Å². The highest BCUT2D eigenvalue weighted by atomic mass is 79.9. The summed E-state index contributed by atoms with van der Waals surface area (Å²) >= 11 is 9.09. The highest BCUT2D eigenvalue weighted by molar-refractivity contribution is 9.10. The number of anilines is 1. The van der Waals surface area contributed by atoms with Crippen LogP contribution in [0.5, 0.6) is 0 Å². The minimum absolute atomic E-state index is 0.389. The van der Waals surface area contributed by atoms with Crippen molar-refractivity contribution in [3.8, 4) is 0 Å². The van der Waals surface area contributed by atoms with Gasteiger partial charge in [0.25, 0.3) is 0 Å². The Hall–Kier alpha value is -1.20. The Morgan fingerprint density at radius 2 is 1.85 bits per heavy atom. The second-order valence-corrected chi connectivity index (χ2v) is 5.47. The molecule has 0 saturated heterocycles. The molecule has 0 heterocycles. The van der Waals surface area contributed by atoms with Gasteiger partial charge in [-0.05, 0) is 51.8 Å². The zero-order valence-electron chi connectivity index (χ0n) is 10.1. The second kappa shape index (κ2) is 6.06. The van der Waals surface area contributed by atoms with E-state index in [0.29, 0.717) is 21.7 Å². The van der Waals surface area contributed by atoms with Crippen molar-refractivity contribution in [1.29, 1.82) is 0 Å². The van der Waals surface area contributed by atoms with Crippen LogP contribution in [-0.4, -0.2) is 0 Å². The molecule has 0 saturated carbocycles. The number of hydrogen-bond donors (Lipinski definition) is 1. The van der Waals surface area contributed by atoms with Crippen LogP contribution >= 0.6 is 27.5 Å². The predicted molar refractivity (Wildman–Crippen MR) is 77.9 cm³/mol. The van der Waals surface area contributed by atoms with Crippen LogP contribution in [0.3, 0.4) is 0 Å². The molecule has 0 bridgehead atoms. The summed E-state index contributed by atoms with van der Waals surface area (Å²) in [4.78, 5) is 0. The third-order valence-corrected chi connectivity index (χ3v) is 3.59. The average Bonchev–Trinajstić information content (AvgIpc) is 2.36. The van der Waals surface area contributed by atoms with Gasteiger partial charge in [0.05, 0.1) is 5.56 Å². The van der Waals surface area contributed by atoms with Crippen molar-refractivity contribution in [3.63, 3.8) is 0 Å². The number of benzene rings is 2. The van der Waals surface area contributed by atoms with Gasteiger partial charge in [0.2, 0.25) is 0 Å². The van der Waals surface area contributed by atoms with E-state index in [1.54, 1.807) is 18.2 Å². The lowest BCUT2D eigenvalue weighted by atomic mass is 10.2. The lowest BCUT2D eigenvalue weighted by Crippen LogP contribution is -2.07. The quantitative estimate of drug-likeness (QED) is 0.733. The van der Waals surface area contributed by atoms with E-state index < -0.39 is 11.7 Å². The maximum absolute atomic E-state index is 12.7. The Labute approximate surface area is 127 Å². The molecule has 0 aliphatic heterocycles. The minimum atomic E-state index is -4.35. The highest BCUT2D eigenvalue weighted by Crippen LogP contribution is 2.34. The van der Waals surface area contributed by atoms with Gasteiger partial charge in [0.15, 0.2) is 0 Å². The molecule has 20 heavy (non-hydrogen) atoms. The first-order valence-electron chi connectivity index (χ1n) is 5.71. The molecule has 0 aromatic heterocycles. The third kappa shape index (κ3) is 3.90. The maximum atomic E-state index is 12.7. The fourth-order valence-corrected chi connectivity index (χ4v) is 2.28. The first kappa shape index (κ1) is 15.2. The summed E-state index contributed by atoms with van der Waals surface area (Å²) in [5.74, 6) is 0. The van der Waals surface area contributed by atoms with Crippen LogP contribution in [0.25, 0.3) is 0 Å². The van der Waals surface area contributed by atoms with Gasteiger partial charge < -0.3 is 5.32 Å². The zero-order valence-corrected chi connectivity index (χ0v) is 12.5. The van der Waals surface area contributed by atoms with Crippen LogP contribution in [0, 0.1) is 0 Å². The summed E-state index contributed by atoms with van der Waals surface area (Å²) in [6.45, 7) is 0.389. The molecular formula is C14H10BrClF3N. The van der Waals surface area contributed by atoms with Gasteiger partial charge in [-0.3, -0.25) is 0 Å². The molecule has 0 radical (unpaired) electrons. The van der Waals surface area contributed by atoms with E-state index in [-0.39, 0.29) is 0 Å². The average molecular weight is 365 g/mol. The number of alkyl halides is 3. The fourth-order valence-electron chi connectivity index (χ4n) is 1.68. The highest BCUT2D eigenvalue weighted by Gasteiger charge is 2.30. The summed E-state index contributed by atoms with van der Waals surface area (Å²) in [6.07, 6.45) is -4.35. The van der Waals surface area contributed by atoms with Gasteiger partial charge in [-0.15, -0.1) is 0 Å². The van der Waals surface area contributed by atoms with Crippen molar-refractivity contribution in [2.24, 2.45) is 0 Å². The molecule has 6 heteroatoms. The molecule has 0 amide bonds. The topological polar surface area (TPSA) is 12.0 Å². The fraction of sp³-hybridized carbons (Fsp3) is 0.143. The molecule has 1 nitrogen and oxygen atoms in total. The molecule has 0 aliphatic carbocycles. The Kier molecular flexibility index (Phi) is 4.60. The van der Waals surface area contributed by atoms with E-state index in [1.807, 2.05) is 6.07 Å². The Balaban J connectivity index is 2.17. The van der Waals surface area contributed by atoms with E-state index >= 15 is 0 Å². The summed E-state index contributed by atoms with van der Waals surface area (Å²) < 4.78 is 38.5. The van der Waals surface area contributed by atoms with Crippen LogP contribution in [0.4, 0.5) is 18.9 Å². The maximum Gasteiger partial charge on any atom is 0.416 e. The zero-order chi connectivity index (χ0) is 14.8. The van der Waals surface area contributed by atoms with Gasteiger partial charge in [-0.25, -0.2) is 0 Å². The Morgan fingerprint density at radius 1 is 1.10 bits per heavy atom. The van der Waals surface area contributed by atoms with Gasteiger partial charge in [-0.1, -0.05) is 23.7 Å². The molecule has 0 spiro atoms. The van der Waals surface area contributed by atoms with E-state index in [1.165, 1.54) is 6.07 Å². The molecule has 2 rings (SSSR count). The molecule has 0 aliphatic rings. The standard InChI is InChI=1S/C14H10BrClF3N/c15-12-5-4-10(14(17,18)19)7-13(12)20-8-9-2-1-3-11(16)6-9/h1-7,20H,8H2. The van der Waals surface area contributed by atoms with E-state index in [2.05, 4.69) is 21.2 Å². The van der Waals surface area contributed by atoms with Crippen molar-refractivity contribution in [2.75, 3.05) is 5.32 Å². The van der Waals surface area contributed by atoms with Crippen molar-refractivity contribution < 1.29 is 13.2 Å². The van der Waals surface area contributed by atoms with Gasteiger partial charge in [0.1, 0.15) is 0 Å². The first-order chi connectivity index (χ1) is 9.36. The summed E-state index contributed by atoms with van der Waals surface area (Å²) in [7, 11) is 0. The van der Waals surface area contributed by atoms with Crippen molar-refractivity contribution in [2.45, 2.75) is 12.7 Å². The monoisotopic (exact) mass is 363 g/mol. The van der Waals surface area contributed by atoms with Gasteiger partial charge in [0, 0.05) is 21.7 Å². The number of rotatable bonds is 3. The lowest BCUT2D eigenvalue weighted by Gasteiger charge is -2.12. The smallest absolute Gasteiger partial charge is 0.380 e. The summed E-state index contributed by atoms with van der Waals surface area (Å²) in [5.41, 5.74) is 0.593. The molecular weight excluding hydrogens is 355 g/mol. The Morgan fingerprint density at radius 3 is 2.50 bits per heavy atom. The number of halogens is 5. The van der Waals surface area contributed by atoms with Crippen LogP contribution in [0.1, 0.15) is 11.1 Å². The predicted octanol–water partition coefficient (Wildman–Crippen LogP) is 5.73. The van der Waals surface area contributed by atoms with E-state index in [0.717, 1.165) is 17.7 Å². The SMILES string of the molecule is FC(F)(F)c1ccc(Br)c(NCc2cccc(Cl)c2)c1. The molecule has 0 fully saturated rings. The Bertz CT molecular complexity index is 614. The lowest BCUT2D eigenvalue weighted by molar-refractivity contribution is -0.137. The third-order valence-electron chi connectivity index (χ3n) is 2.67. The largest absolute Gasteiger partial charge is 0.416 e. The summed E-state index contributed by atoms with van der Waals surface area (Å²) in [5, 5.41) is 3.55. The molecule has 2 aromatic rings. The van der Waals surface area contributed by atoms with Crippen LogP contribution in [0.15, 0.2) is 46.9 Å². The molecule has 0 unspecified atom stereocenters. The van der Waals surface area contributed by atoms with Crippen LogP contribution in [0.2, 0.25) is 5.02 Å². The normalized spacial score (nSPS) is 11.4. The van der Waals surface area contributed by atoms with E-state index in [9.17, 15) is 13.2 Å². The minimum Gasteiger partial charge on any atom is -0.380 e. The molecule has 0 atom stereocenters. The molecule has 106 valence electrons. The van der Waals surface area contributed by atoms with Crippen LogP contribution in [-0.2, 0) is 12.7 Å². The van der Waals surface area contributed by atoms with Crippen molar-refractivity contribution >= 4 is 33.2 Å². The summed E-state index contributed by atoms with van der Waals surface area (Å²) in [6, 6.07) is 10.6. The van der Waals surface area contributed by atoms with E-state index in [4.69, 9.17) is 11.6 Å². The second-order valence-electron chi connectivity index (χ2n) is 4.18. The number of nitrogens with one attached hydrogen (secondary N) is 1. The van der Waals surface area contributed by atoms with Gasteiger partial charge >= 0.3 is 6.18 Å². The number of hydrogen-bond acceptors (Lipinski definition) is 1. The first-order valence-corrected chi connectivity index (χ1v) is 6.88. The molecule has 1 N–H and O–H groups in total. The van der Waals surface area contributed by atoms with Crippen LogP contribution < -0.4 is 5.32 Å². The van der Waals surface area contributed by atoms with Crippen molar-refractivity contribution in [1.82, 2.24) is 0 Å².